The van der Waals surface area contributed by atoms with Gasteiger partial charge in [-0.15, -0.1) is 0 Å². The van der Waals surface area contributed by atoms with E-state index in [1.807, 2.05) is 43.3 Å². The van der Waals surface area contributed by atoms with Crippen LogP contribution in [0.4, 0.5) is 0 Å². The number of hydrogen-bond acceptors (Lipinski definition) is 12. The van der Waals surface area contributed by atoms with E-state index in [9.17, 15) is 4.79 Å². The number of rotatable bonds is 8. The molecule has 0 aliphatic heterocycles. The molecule has 0 aliphatic rings. The van der Waals surface area contributed by atoms with E-state index in [4.69, 9.17) is 25.3 Å². The zero-order valence-corrected chi connectivity index (χ0v) is 27.9. The number of amidine groups is 1. The summed E-state index contributed by atoms with van der Waals surface area (Å²) in [5.41, 5.74) is 9.79. The van der Waals surface area contributed by atoms with Crippen molar-refractivity contribution in [1.29, 1.82) is 0 Å². The lowest BCUT2D eigenvalue weighted by atomic mass is 10.2. The van der Waals surface area contributed by atoms with E-state index < -0.39 is 12.1 Å². The normalized spacial score (nSPS) is 11.5. The zero-order valence-electron chi connectivity index (χ0n) is 27.9. The van der Waals surface area contributed by atoms with Crippen LogP contribution in [0.2, 0.25) is 0 Å². The van der Waals surface area contributed by atoms with E-state index in [2.05, 4.69) is 63.7 Å². The number of methoxy groups -OCH3 is 2. The average Bonchev–Trinajstić information content (AvgIpc) is 3.65. The molecule has 0 fully saturated rings. The van der Waals surface area contributed by atoms with Crippen LogP contribution in [0.15, 0.2) is 95.4 Å². The summed E-state index contributed by atoms with van der Waals surface area (Å²) in [6.45, 7) is 3.76. The molecule has 0 aromatic carbocycles. The third kappa shape index (κ3) is 12.3. The molecule has 2 atom stereocenters. The molecule has 0 spiro atoms. The molecule has 0 aliphatic carbocycles. The Labute approximate surface area is 289 Å². The third-order valence-corrected chi connectivity index (χ3v) is 6.52. The van der Waals surface area contributed by atoms with Crippen molar-refractivity contribution < 1.29 is 29.1 Å². The maximum atomic E-state index is 10.0. The van der Waals surface area contributed by atoms with Gasteiger partial charge in [-0.05, 0) is 73.2 Å². The Balaban J connectivity index is 0.000000229. The van der Waals surface area contributed by atoms with Crippen LogP contribution in [0.3, 0.4) is 0 Å². The van der Waals surface area contributed by atoms with Gasteiger partial charge < -0.3 is 30.0 Å². The highest BCUT2D eigenvalue weighted by atomic mass is 16.5. The minimum Gasteiger partial charge on any atom is -0.479 e. The fourth-order valence-corrected chi connectivity index (χ4v) is 3.79. The van der Waals surface area contributed by atoms with Crippen LogP contribution in [0.25, 0.3) is 11.4 Å². The van der Waals surface area contributed by atoms with Crippen LogP contribution in [0.5, 0.6) is 0 Å². The number of carbonyl (C=O) groups is 1. The van der Waals surface area contributed by atoms with Gasteiger partial charge in [-0.25, -0.2) is 14.8 Å². The number of hydrogen-bond donors (Lipinski definition) is 3. The molecule has 5 rings (SSSR count). The second-order valence-corrected chi connectivity index (χ2v) is 9.88. The minimum absolute atomic E-state index is 0.0242. The fraction of sp³-hybridized carbons (Fsp3) is 0.222. The summed E-state index contributed by atoms with van der Waals surface area (Å²) in [4.78, 5) is 30.7. The molecular weight excluding hydrogens is 640 g/mol. The lowest BCUT2D eigenvalue weighted by Gasteiger charge is -2.05. The summed E-state index contributed by atoms with van der Waals surface area (Å²) in [6.07, 6.45) is 10.4. The van der Waals surface area contributed by atoms with Gasteiger partial charge in [0.15, 0.2) is 11.9 Å². The van der Waals surface area contributed by atoms with Crippen molar-refractivity contribution in [2.45, 2.75) is 38.9 Å². The number of carboxylic acid groups (broad SMARTS) is 1. The van der Waals surface area contributed by atoms with Crippen molar-refractivity contribution >= 4 is 11.8 Å². The van der Waals surface area contributed by atoms with Crippen molar-refractivity contribution in [2.75, 3.05) is 14.2 Å². The Morgan fingerprint density at radius 2 is 1.42 bits per heavy atom. The molecule has 0 bridgehead atoms. The fourth-order valence-electron chi connectivity index (χ4n) is 3.79. The van der Waals surface area contributed by atoms with Gasteiger partial charge in [-0.1, -0.05) is 36.0 Å². The summed E-state index contributed by atoms with van der Waals surface area (Å²) >= 11 is 0. The smallest absolute Gasteiger partial charge is 0.332 e. The Bertz CT molecular complexity index is 1900. The van der Waals surface area contributed by atoms with Crippen LogP contribution in [-0.4, -0.2) is 72.5 Å². The number of nitrogens with two attached hydrogens (primary N) is 1. The standard InChI is InChI=1S/C18H16N4O2.C13H10N4O.C5H10O3/c1-3-16(23-2)18-21-17(22-24-18)14-5-7-15(20-12-14)6-4-13-8-10-19-11-9-13;14-13(17-18)11-2-4-12(16-9-11)3-1-10-5-7-15-8-6-10;1-3-4(8-2)5(6)7/h5,7-12,16H,3H2,1-2H3;2,4-9,18H,(H2,14,17);4H,3H2,1-2H3,(H,6,7). The molecule has 256 valence electrons. The Hall–Kier alpha value is -6.48. The molecule has 2 unspecified atom stereocenters. The first-order valence-electron chi connectivity index (χ1n) is 15.2. The molecular formula is C36H36N8O6. The van der Waals surface area contributed by atoms with E-state index in [0.717, 1.165) is 23.1 Å². The van der Waals surface area contributed by atoms with Gasteiger partial charge in [0.1, 0.15) is 17.5 Å². The molecule has 14 heteroatoms. The quantitative estimate of drug-likeness (QED) is 0.0682. The van der Waals surface area contributed by atoms with Crippen LogP contribution < -0.4 is 5.73 Å². The van der Waals surface area contributed by atoms with Crippen LogP contribution in [-0.2, 0) is 14.3 Å². The van der Waals surface area contributed by atoms with Crippen LogP contribution >= 0.6 is 0 Å². The van der Waals surface area contributed by atoms with E-state index in [0.29, 0.717) is 35.1 Å². The first-order valence-corrected chi connectivity index (χ1v) is 15.2. The lowest BCUT2D eigenvalue weighted by Crippen LogP contribution is -2.20. The molecule has 14 nitrogen and oxygen atoms in total. The van der Waals surface area contributed by atoms with Crippen molar-refractivity contribution in [3.8, 4) is 35.1 Å². The number of nitrogens with zero attached hydrogens (tertiary/aromatic N) is 7. The number of pyridine rings is 4. The Morgan fingerprint density at radius 1 is 0.840 bits per heavy atom. The van der Waals surface area contributed by atoms with Crippen molar-refractivity contribution in [2.24, 2.45) is 10.9 Å². The van der Waals surface area contributed by atoms with Crippen molar-refractivity contribution in [3.63, 3.8) is 0 Å². The highest BCUT2D eigenvalue weighted by Gasteiger charge is 2.17. The van der Waals surface area contributed by atoms with Gasteiger partial charge in [0.25, 0.3) is 5.89 Å². The third-order valence-electron chi connectivity index (χ3n) is 6.52. The highest BCUT2D eigenvalue weighted by Crippen LogP contribution is 2.22. The summed E-state index contributed by atoms with van der Waals surface area (Å²) in [7, 11) is 3.01. The maximum absolute atomic E-state index is 10.0. The lowest BCUT2D eigenvalue weighted by molar-refractivity contribution is -0.148. The van der Waals surface area contributed by atoms with E-state index >= 15 is 0 Å². The molecule has 0 saturated carbocycles. The first-order chi connectivity index (χ1) is 24.3. The molecule has 0 radical (unpaired) electrons. The van der Waals surface area contributed by atoms with Gasteiger partial charge in [0, 0.05) is 73.7 Å². The second-order valence-electron chi connectivity index (χ2n) is 9.88. The second kappa shape index (κ2) is 20.7. The summed E-state index contributed by atoms with van der Waals surface area (Å²) < 4.78 is 15.1. The average molecular weight is 677 g/mol. The highest BCUT2D eigenvalue weighted by molar-refractivity contribution is 5.96. The van der Waals surface area contributed by atoms with E-state index in [1.165, 1.54) is 13.3 Å². The van der Waals surface area contributed by atoms with Crippen molar-refractivity contribution in [3.05, 3.63) is 120 Å². The Kier molecular flexibility index (Phi) is 15.7. The predicted octanol–water partition coefficient (Wildman–Crippen LogP) is 4.49. The number of aromatic nitrogens is 6. The monoisotopic (exact) mass is 676 g/mol. The molecule has 0 amide bonds. The molecule has 4 N–H and O–H groups in total. The van der Waals surface area contributed by atoms with Crippen LogP contribution in [0.1, 0.15) is 66.8 Å². The van der Waals surface area contributed by atoms with Gasteiger partial charge in [0.2, 0.25) is 5.82 Å². The molecule has 5 heterocycles. The topological polar surface area (TPSA) is 205 Å². The molecule has 0 saturated heterocycles. The minimum atomic E-state index is -0.894. The van der Waals surface area contributed by atoms with Gasteiger partial charge in [-0.2, -0.15) is 4.98 Å². The largest absolute Gasteiger partial charge is 0.479 e. The first kappa shape index (κ1) is 38.0. The van der Waals surface area contributed by atoms with Gasteiger partial charge >= 0.3 is 5.97 Å². The number of ether oxygens (including phenoxy) is 2. The summed E-state index contributed by atoms with van der Waals surface area (Å²) in [5, 5.41) is 23.6. The SMILES string of the molecule is CCC(OC)C(=O)O.CCC(OC)c1nc(-c2ccc(C#Cc3ccncc3)nc2)no1.N/C(=N\O)c1ccc(C#Cc2ccncc2)nc1. The Morgan fingerprint density at radius 3 is 1.82 bits per heavy atom. The summed E-state index contributed by atoms with van der Waals surface area (Å²) in [5.74, 6) is 12.0. The molecule has 5 aromatic heterocycles. The van der Waals surface area contributed by atoms with E-state index in [1.54, 1.807) is 57.2 Å². The summed E-state index contributed by atoms with van der Waals surface area (Å²) in [6, 6.07) is 14.4. The maximum Gasteiger partial charge on any atom is 0.332 e. The van der Waals surface area contributed by atoms with Gasteiger partial charge in [-0.3, -0.25) is 9.97 Å². The number of oxime groups is 1. The molecule has 5 aromatic rings. The number of aliphatic carboxylic acids is 1. The predicted molar refractivity (Wildman–Crippen MR) is 183 cm³/mol. The van der Waals surface area contributed by atoms with Gasteiger partial charge in [0.05, 0.1) is 0 Å². The zero-order chi connectivity index (χ0) is 36.1. The molecule has 50 heavy (non-hydrogen) atoms. The van der Waals surface area contributed by atoms with E-state index in [-0.39, 0.29) is 11.9 Å². The number of carboxylic acids is 1. The van der Waals surface area contributed by atoms with Crippen molar-refractivity contribution in [1.82, 2.24) is 30.1 Å². The van der Waals surface area contributed by atoms with Crippen LogP contribution in [0, 0.1) is 23.7 Å².